The van der Waals surface area contributed by atoms with Crippen LogP contribution in [0.4, 0.5) is 16.2 Å². The first kappa shape index (κ1) is 29.1. The third-order valence-corrected chi connectivity index (χ3v) is 7.48. The Hall–Kier alpha value is -4.37. The Morgan fingerprint density at radius 3 is 1.95 bits per heavy atom. The second-order valence-corrected chi connectivity index (χ2v) is 11.7. The molecule has 1 N–H and O–H groups in total. The average molecular weight is 571 g/mol. The maximum atomic E-state index is 12.9. The number of carbonyl (C=O) groups is 3. The van der Waals surface area contributed by atoms with E-state index in [1.54, 1.807) is 43.5 Å². The monoisotopic (exact) mass is 570 g/mol. The lowest BCUT2D eigenvalue weighted by atomic mass is 10.0. The molecule has 2 aliphatic heterocycles. The van der Waals surface area contributed by atoms with Gasteiger partial charge in [-0.15, -0.1) is 0 Å². The van der Waals surface area contributed by atoms with Gasteiger partial charge >= 0.3 is 6.09 Å². The summed E-state index contributed by atoms with van der Waals surface area (Å²) in [6.07, 6.45) is 0.118. The van der Waals surface area contributed by atoms with E-state index in [1.165, 1.54) is 4.90 Å². The molecule has 3 aromatic rings. The molecule has 1 unspecified atom stereocenters. The van der Waals surface area contributed by atoms with E-state index in [1.807, 2.05) is 45.0 Å². The number of methoxy groups -OCH3 is 1. The molecule has 2 aliphatic rings. The van der Waals surface area contributed by atoms with Gasteiger partial charge in [-0.2, -0.15) is 0 Å². The van der Waals surface area contributed by atoms with Gasteiger partial charge in [-0.3, -0.25) is 14.5 Å². The van der Waals surface area contributed by atoms with Crippen molar-refractivity contribution in [3.63, 3.8) is 0 Å². The minimum atomic E-state index is -0.605. The van der Waals surface area contributed by atoms with Gasteiger partial charge in [0.25, 0.3) is 11.8 Å². The summed E-state index contributed by atoms with van der Waals surface area (Å²) in [4.78, 5) is 44.5. The number of ether oxygens (including phenoxy) is 2. The zero-order valence-corrected chi connectivity index (χ0v) is 24.6. The molecule has 2 heterocycles. The Morgan fingerprint density at radius 2 is 1.40 bits per heavy atom. The number of fused-ring (bicyclic) bond motifs is 1. The van der Waals surface area contributed by atoms with E-state index in [0.717, 1.165) is 43.2 Å². The van der Waals surface area contributed by atoms with E-state index in [0.29, 0.717) is 29.8 Å². The number of rotatable bonds is 8. The number of alkyl carbamates (subject to hydrolysis) is 1. The minimum absolute atomic E-state index is 0.197. The zero-order valence-electron chi connectivity index (χ0n) is 24.6. The third kappa shape index (κ3) is 6.74. The number of hydrogen-bond acceptors (Lipinski definition) is 7. The average Bonchev–Trinajstić information content (AvgIpc) is 3.22. The van der Waals surface area contributed by atoms with E-state index >= 15 is 0 Å². The lowest BCUT2D eigenvalue weighted by molar-refractivity contribution is 0.0490. The lowest BCUT2D eigenvalue weighted by Gasteiger charge is -2.38. The molecule has 0 radical (unpaired) electrons. The van der Waals surface area contributed by atoms with E-state index in [4.69, 9.17) is 9.47 Å². The van der Waals surface area contributed by atoms with Crippen molar-refractivity contribution < 1.29 is 23.9 Å². The molecule has 9 nitrogen and oxygen atoms in total. The predicted molar refractivity (Wildman–Crippen MR) is 163 cm³/mol. The van der Waals surface area contributed by atoms with Crippen molar-refractivity contribution in [2.24, 2.45) is 0 Å². The third-order valence-electron chi connectivity index (χ3n) is 7.48. The molecule has 3 amide bonds. The molecular weight excluding hydrogens is 532 g/mol. The normalized spacial score (nSPS) is 16.3. The number of carbonyl (C=O) groups excluding carboxylic acids is 3. The maximum Gasteiger partial charge on any atom is 0.407 e. The second-order valence-electron chi connectivity index (χ2n) is 11.7. The molecule has 1 fully saturated rings. The van der Waals surface area contributed by atoms with Crippen molar-refractivity contribution in [2.75, 3.05) is 49.6 Å². The summed E-state index contributed by atoms with van der Waals surface area (Å²) in [5.41, 5.74) is 2.90. The van der Waals surface area contributed by atoms with E-state index in [-0.39, 0.29) is 17.9 Å². The van der Waals surface area contributed by atoms with Crippen LogP contribution in [0.15, 0.2) is 72.8 Å². The molecule has 0 aliphatic carbocycles. The highest BCUT2D eigenvalue weighted by molar-refractivity contribution is 6.34. The van der Waals surface area contributed by atoms with Crippen molar-refractivity contribution >= 4 is 29.3 Å². The van der Waals surface area contributed by atoms with E-state index in [9.17, 15) is 14.4 Å². The minimum Gasteiger partial charge on any atom is -0.497 e. The van der Waals surface area contributed by atoms with Gasteiger partial charge in [-0.25, -0.2) is 9.69 Å². The topological polar surface area (TPSA) is 91.4 Å². The summed E-state index contributed by atoms with van der Waals surface area (Å²) in [6.45, 7) is 9.67. The molecule has 9 heteroatoms. The summed E-state index contributed by atoms with van der Waals surface area (Å²) in [5.74, 6) is 0.202. The number of hydrogen-bond donors (Lipinski definition) is 1. The summed E-state index contributed by atoms with van der Waals surface area (Å²) in [6, 6.07) is 22.2. The quantitative estimate of drug-likeness (QED) is 0.391. The Morgan fingerprint density at radius 1 is 0.833 bits per heavy atom. The highest BCUT2D eigenvalue weighted by atomic mass is 16.6. The van der Waals surface area contributed by atoms with Crippen LogP contribution in [-0.4, -0.2) is 74.3 Å². The summed E-state index contributed by atoms with van der Waals surface area (Å²) < 4.78 is 10.8. The molecule has 0 spiro atoms. The molecular formula is C33H38N4O5. The molecule has 220 valence electrons. The van der Waals surface area contributed by atoms with Crippen molar-refractivity contribution in [2.45, 2.75) is 38.8 Å². The maximum absolute atomic E-state index is 12.9. The molecule has 5 rings (SSSR count). The first-order valence-corrected chi connectivity index (χ1v) is 14.3. The number of imide groups is 1. The van der Waals surface area contributed by atoms with Crippen LogP contribution < -0.4 is 19.9 Å². The fraction of sp³-hybridized carbons (Fsp3) is 0.364. The molecule has 0 aromatic heterocycles. The van der Waals surface area contributed by atoms with E-state index < -0.39 is 11.7 Å². The second kappa shape index (κ2) is 12.2. The highest BCUT2D eigenvalue weighted by Gasteiger charge is 2.36. The smallest absolute Gasteiger partial charge is 0.407 e. The fourth-order valence-electron chi connectivity index (χ4n) is 5.42. The van der Waals surface area contributed by atoms with Crippen molar-refractivity contribution in [1.82, 2.24) is 10.2 Å². The van der Waals surface area contributed by atoms with Gasteiger partial charge in [-0.05, 0) is 81.3 Å². The van der Waals surface area contributed by atoms with Gasteiger partial charge in [0.1, 0.15) is 11.4 Å². The van der Waals surface area contributed by atoms with Crippen LogP contribution in [0.25, 0.3) is 0 Å². The van der Waals surface area contributed by atoms with Gasteiger partial charge in [0, 0.05) is 44.5 Å². The van der Waals surface area contributed by atoms with Crippen LogP contribution in [0.3, 0.4) is 0 Å². The van der Waals surface area contributed by atoms with Crippen LogP contribution in [-0.2, 0) is 11.2 Å². The Balaban J connectivity index is 1.24. The molecule has 0 saturated carbocycles. The Kier molecular flexibility index (Phi) is 8.49. The zero-order chi connectivity index (χ0) is 29.9. The predicted octanol–water partition coefficient (Wildman–Crippen LogP) is 4.75. The van der Waals surface area contributed by atoms with Crippen LogP contribution in [0.1, 0.15) is 47.1 Å². The number of benzene rings is 3. The van der Waals surface area contributed by atoms with Crippen molar-refractivity contribution in [3.05, 3.63) is 89.5 Å². The van der Waals surface area contributed by atoms with E-state index in [2.05, 4.69) is 27.2 Å². The summed E-state index contributed by atoms with van der Waals surface area (Å²) >= 11 is 0. The SMILES string of the molecule is COc1ccc(N2CCN(CC(Cc3ccc(N4C(=O)c5ccccc5C4=O)cc3)NC(=O)OC(C)(C)C)CC2)cc1. The van der Waals surface area contributed by atoms with Crippen LogP contribution >= 0.6 is 0 Å². The van der Waals surface area contributed by atoms with Gasteiger partial charge in [0.15, 0.2) is 0 Å². The summed E-state index contributed by atoms with van der Waals surface area (Å²) in [7, 11) is 1.67. The standard InChI is InChI=1S/C33H38N4O5/c1-33(2,3)42-32(40)34-24(22-35-17-19-36(20-18-35)25-13-15-27(41-4)16-14-25)21-23-9-11-26(12-10-23)37-30(38)28-7-5-6-8-29(28)31(37)39/h5-16,24H,17-22H2,1-4H3,(H,34,40). The largest absolute Gasteiger partial charge is 0.497 e. The molecule has 1 atom stereocenters. The number of nitrogens with zero attached hydrogens (tertiary/aromatic N) is 3. The summed E-state index contributed by atoms with van der Waals surface area (Å²) in [5, 5.41) is 3.07. The molecule has 1 saturated heterocycles. The number of nitrogens with one attached hydrogen (secondary N) is 1. The Labute approximate surface area is 247 Å². The number of anilines is 2. The molecule has 42 heavy (non-hydrogen) atoms. The fourth-order valence-corrected chi connectivity index (χ4v) is 5.42. The lowest BCUT2D eigenvalue weighted by Crippen LogP contribution is -2.52. The van der Waals surface area contributed by atoms with Crippen LogP contribution in [0.2, 0.25) is 0 Å². The number of piperazine rings is 1. The number of amides is 3. The van der Waals surface area contributed by atoms with Crippen LogP contribution in [0.5, 0.6) is 5.75 Å². The van der Waals surface area contributed by atoms with Crippen molar-refractivity contribution in [1.29, 1.82) is 0 Å². The Bertz CT molecular complexity index is 1390. The molecule has 3 aromatic carbocycles. The van der Waals surface area contributed by atoms with Gasteiger partial charge in [0.05, 0.1) is 23.9 Å². The van der Waals surface area contributed by atoms with Gasteiger partial charge < -0.3 is 19.7 Å². The first-order valence-electron chi connectivity index (χ1n) is 14.3. The van der Waals surface area contributed by atoms with Gasteiger partial charge in [0.2, 0.25) is 0 Å². The first-order chi connectivity index (χ1) is 20.1. The van der Waals surface area contributed by atoms with Crippen molar-refractivity contribution in [3.8, 4) is 5.75 Å². The van der Waals surface area contributed by atoms with Gasteiger partial charge in [-0.1, -0.05) is 24.3 Å². The highest BCUT2D eigenvalue weighted by Crippen LogP contribution is 2.28. The van der Waals surface area contributed by atoms with Crippen LogP contribution in [0, 0.1) is 0 Å². The molecule has 0 bridgehead atoms.